The van der Waals surface area contributed by atoms with E-state index in [-0.39, 0.29) is 6.61 Å². The number of nitrogens with one attached hydrogen (secondary N) is 1. The summed E-state index contributed by atoms with van der Waals surface area (Å²) in [6.45, 7) is 5.32. The van der Waals surface area contributed by atoms with Gasteiger partial charge in [-0.15, -0.1) is 6.58 Å². The van der Waals surface area contributed by atoms with Crippen LogP contribution in [0.2, 0.25) is 0 Å². The summed E-state index contributed by atoms with van der Waals surface area (Å²) in [5.74, 6) is -16.9. The third kappa shape index (κ3) is 12.1. The Hall–Kier alpha value is -1.81. The van der Waals surface area contributed by atoms with Crippen LogP contribution in [0.15, 0.2) is 12.7 Å². The van der Waals surface area contributed by atoms with E-state index in [0.29, 0.717) is 6.42 Å². The van der Waals surface area contributed by atoms with Gasteiger partial charge in [0.1, 0.15) is 6.04 Å². The Kier molecular flexibility index (Phi) is 15.9. The largest absolute Gasteiger partial charge is 0.464 e. The van der Waals surface area contributed by atoms with Gasteiger partial charge >= 0.3 is 24.0 Å². The summed E-state index contributed by atoms with van der Waals surface area (Å²) in [6.07, 6.45) is 8.03. The van der Waals surface area contributed by atoms with Gasteiger partial charge in [0.2, 0.25) is 0 Å². The number of rotatable bonds is 20. The predicted octanol–water partition coefficient (Wildman–Crippen LogP) is 7.51. The molecule has 0 heterocycles. The number of unbranched alkanes of at least 4 members (excludes halogenated alkanes) is 12. The lowest BCUT2D eigenvalue weighted by molar-refractivity contribution is -0.344. The van der Waals surface area contributed by atoms with Crippen LogP contribution in [0.3, 0.4) is 0 Å². The van der Waals surface area contributed by atoms with Crippen molar-refractivity contribution in [2.24, 2.45) is 0 Å². The van der Waals surface area contributed by atoms with Gasteiger partial charge in [0.15, 0.2) is 0 Å². The molecule has 0 aliphatic carbocycles. The Labute approximate surface area is 203 Å². The normalized spacial score (nSPS) is 13.4. The lowest BCUT2D eigenvalue weighted by Crippen LogP contribution is -2.61. The number of ether oxygens (including phenoxy) is 1. The standard InChI is InChI=1S/C24H38F7NO3/c1-3-5-6-7-8-9-10-11-12-13-14-15-16-18-35-20(33)19(17-4-2)32-21(34)22(25,26)23(27,28)24(29,30)31/h4,19H,2-3,5-18H2,1H3,(H,32,34). The molecule has 0 saturated heterocycles. The van der Waals surface area contributed by atoms with E-state index < -0.39 is 42.4 Å². The summed E-state index contributed by atoms with van der Waals surface area (Å²) in [5.41, 5.74) is 0. The first-order chi connectivity index (χ1) is 16.3. The summed E-state index contributed by atoms with van der Waals surface area (Å²) < 4.78 is 94.6. The van der Waals surface area contributed by atoms with Crippen LogP contribution in [0.1, 0.15) is 96.8 Å². The minimum Gasteiger partial charge on any atom is -0.464 e. The number of hydrogen-bond acceptors (Lipinski definition) is 3. The van der Waals surface area contributed by atoms with Crippen molar-refractivity contribution in [3.05, 3.63) is 12.7 Å². The van der Waals surface area contributed by atoms with E-state index in [1.807, 2.05) is 0 Å². The molecular formula is C24H38F7NO3. The minimum absolute atomic E-state index is 0.102. The maximum atomic E-state index is 13.5. The van der Waals surface area contributed by atoms with E-state index in [1.54, 1.807) is 0 Å². The van der Waals surface area contributed by atoms with E-state index in [9.17, 15) is 40.3 Å². The molecule has 1 N–H and O–H groups in total. The predicted molar refractivity (Wildman–Crippen MR) is 119 cm³/mol. The number of hydrogen-bond donors (Lipinski definition) is 1. The smallest absolute Gasteiger partial charge is 0.460 e. The van der Waals surface area contributed by atoms with Crippen LogP contribution in [0.4, 0.5) is 30.7 Å². The number of alkyl halides is 7. The zero-order valence-corrected chi connectivity index (χ0v) is 20.3. The van der Waals surface area contributed by atoms with Crippen LogP contribution < -0.4 is 5.32 Å². The second-order valence-electron chi connectivity index (χ2n) is 8.61. The van der Waals surface area contributed by atoms with Crippen molar-refractivity contribution in [3.63, 3.8) is 0 Å². The Bertz CT molecular complexity index is 625. The highest BCUT2D eigenvalue weighted by atomic mass is 19.4. The van der Waals surface area contributed by atoms with Crippen LogP contribution >= 0.6 is 0 Å². The van der Waals surface area contributed by atoms with Crippen molar-refractivity contribution in [2.75, 3.05) is 6.61 Å². The van der Waals surface area contributed by atoms with Crippen molar-refractivity contribution in [1.82, 2.24) is 5.32 Å². The van der Waals surface area contributed by atoms with E-state index >= 15 is 0 Å². The maximum Gasteiger partial charge on any atom is 0.460 e. The highest BCUT2D eigenvalue weighted by Crippen LogP contribution is 2.46. The van der Waals surface area contributed by atoms with Crippen molar-refractivity contribution >= 4 is 11.9 Å². The third-order valence-electron chi connectivity index (χ3n) is 5.52. The maximum absolute atomic E-state index is 13.5. The van der Waals surface area contributed by atoms with Crippen LogP contribution in [0, 0.1) is 0 Å². The minimum atomic E-state index is -6.66. The van der Waals surface area contributed by atoms with E-state index in [1.165, 1.54) is 50.3 Å². The SMILES string of the molecule is C=CCC(NC(=O)C(F)(F)C(F)(F)C(F)(F)F)C(=O)OCCCCCCCCCCCCCCC. The molecule has 0 bridgehead atoms. The Morgan fingerprint density at radius 3 is 1.63 bits per heavy atom. The molecular weight excluding hydrogens is 483 g/mol. The number of carbonyl (C=O) groups is 2. The highest BCUT2D eigenvalue weighted by Gasteiger charge is 2.76. The molecule has 1 amide bonds. The van der Waals surface area contributed by atoms with Crippen LogP contribution in [-0.2, 0) is 14.3 Å². The summed E-state index contributed by atoms with van der Waals surface area (Å²) in [4.78, 5) is 23.5. The monoisotopic (exact) mass is 521 g/mol. The highest BCUT2D eigenvalue weighted by molar-refractivity contribution is 5.89. The van der Waals surface area contributed by atoms with Crippen LogP contribution in [0.25, 0.3) is 0 Å². The summed E-state index contributed by atoms with van der Waals surface area (Å²) >= 11 is 0. The fourth-order valence-electron chi connectivity index (χ4n) is 3.34. The van der Waals surface area contributed by atoms with Crippen molar-refractivity contribution in [1.29, 1.82) is 0 Å². The van der Waals surface area contributed by atoms with E-state index in [0.717, 1.165) is 38.2 Å². The first-order valence-electron chi connectivity index (χ1n) is 12.2. The van der Waals surface area contributed by atoms with E-state index in [4.69, 9.17) is 4.74 Å². The lowest BCUT2D eigenvalue weighted by atomic mass is 10.0. The molecule has 0 radical (unpaired) electrons. The third-order valence-corrected chi connectivity index (χ3v) is 5.52. The molecule has 0 rings (SSSR count). The van der Waals surface area contributed by atoms with E-state index in [2.05, 4.69) is 13.5 Å². The first-order valence-corrected chi connectivity index (χ1v) is 12.2. The van der Waals surface area contributed by atoms with Gasteiger partial charge in [-0.25, -0.2) is 4.79 Å². The quantitative estimate of drug-likeness (QED) is 0.0781. The molecule has 0 aromatic carbocycles. The Balaban J connectivity index is 4.23. The van der Waals surface area contributed by atoms with Crippen molar-refractivity contribution in [2.45, 2.75) is 121 Å². The molecule has 0 aromatic heterocycles. The summed E-state index contributed by atoms with van der Waals surface area (Å²) in [7, 11) is 0. The van der Waals surface area contributed by atoms with Gasteiger partial charge in [-0.2, -0.15) is 30.7 Å². The number of amides is 1. The molecule has 35 heavy (non-hydrogen) atoms. The van der Waals surface area contributed by atoms with Gasteiger partial charge in [0, 0.05) is 0 Å². The van der Waals surface area contributed by atoms with Gasteiger partial charge in [0.25, 0.3) is 5.91 Å². The molecule has 0 fully saturated rings. The molecule has 0 aliphatic heterocycles. The average molecular weight is 522 g/mol. The second kappa shape index (κ2) is 16.8. The molecule has 0 spiro atoms. The molecule has 206 valence electrons. The van der Waals surface area contributed by atoms with Gasteiger partial charge in [-0.05, 0) is 12.8 Å². The molecule has 4 nitrogen and oxygen atoms in total. The zero-order valence-electron chi connectivity index (χ0n) is 20.3. The van der Waals surface area contributed by atoms with Crippen molar-refractivity contribution < 1.29 is 45.1 Å². The van der Waals surface area contributed by atoms with Gasteiger partial charge in [0.05, 0.1) is 6.61 Å². The number of halogens is 7. The van der Waals surface area contributed by atoms with Crippen LogP contribution in [0.5, 0.6) is 0 Å². The Morgan fingerprint density at radius 1 is 0.800 bits per heavy atom. The van der Waals surface area contributed by atoms with Gasteiger partial charge < -0.3 is 10.1 Å². The molecule has 0 aliphatic rings. The molecule has 1 atom stereocenters. The van der Waals surface area contributed by atoms with Crippen LogP contribution in [-0.4, -0.2) is 42.5 Å². The molecule has 0 saturated carbocycles. The molecule has 11 heteroatoms. The summed E-state index contributed by atoms with van der Waals surface area (Å²) in [5, 5.41) is 1.22. The van der Waals surface area contributed by atoms with Crippen molar-refractivity contribution in [3.8, 4) is 0 Å². The fourth-order valence-corrected chi connectivity index (χ4v) is 3.34. The van der Waals surface area contributed by atoms with Gasteiger partial charge in [-0.1, -0.05) is 90.0 Å². The molecule has 1 unspecified atom stereocenters. The topological polar surface area (TPSA) is 55.4 Å². The summed E-state index contributed by atoms with van der Waals surface area (Å²) in [6, 6.07) is -1.86. The first kappa shape index (κ1) is 33.2. The fraction of sp³-hybridized carbons (Fsp3) is 0.833. The number of esters is 1. The average Bonchev–Trinajstić information content (AvgIpc) is 2.77. The second-order valence-corrected chi connectivity index (χ2v) is 8.61. The molecule has 0 aromatic rings. The number of carbonyl (C=O) groups excluding carboxylic acids is 2. The van der Waals surface area contributed by atoms with Gasteiger partial charge in [-0.3, -0.25) is 4.79 Å². The Morgan fingerprint density at radius 2 is 1.23 bits per heavy atom. The lowest BCUT2D eigenvalue weighted by Gasteiger charge is -2.28. The zero-order chi connectivity index (χ0) is 27.0.